The summed E-state index contributed by atoms with van der Waals surface area (Å²) in [4.78, 5) is 23.5. The Balaban J connectivity index is 3.00. The molecule has 19 heavy (non-hydrogen) atoms. The van der Waals surface area contributed by atoms with Crippen LogP contribution in [0.25, 0.3) is 0 Å². The quantitative estimate of drug-likeness (QED) is 0.873. The van der Waals surface area contributed by atoms with E-state index in [-0.39, 0.29) is 5.91 Å². The standard InChI is InChI=1S/C14H18BrNO3/c1-4-14(5-2,13(18)19)16-12(17)10-6-7-11(15)9(3)8-10/h6-8H,4-5H2,1-3H3,(H,16,17)(H,18,19). The number of benzene rings is 1. The van der Waals surface area contributed by atoms with Crippen molar-refractivity contribution in [2.24, 2.45) is 0 Å². The third kappa shape index (κ3) is 3.35. The van der Waals surface area contributed by atoms with Gasteiger partial charge in [-0.2, -0.15) is 0 Å². The van der Waals surface area contributed by atoms with Gasteiger partial charge in [0.05, 0.1) is 0 Å². The summed E-state index contributed by atoms with van der Waals surface area (Å²) in [6.07, 6.45) is 0.695. The van der Waals surface area contributed by atoms with Gasteiger partial charge in [-0.3, -0.25) is 4.79 Å². The molecule has 0 fully saturated rings. The highest BCUT2D eigenvalue weighted by molar-refractivity contribution is 9.10. The Morgan fingerprint density at radius 3 is 2.32 bits per heavy atom. The maximum absolute atomic E-state index is 12.2. The monoisotopic (exact) mass is 327 g/mol. The Kier molecular flexibility index (Phi) is 5.11. The first-order valence-electron chi connectivity index (χ1n) is 6.18. The highest BCUT2D eigenvalue weighted by atomic mass is 79.9. The second kappa shape index (κ2) is 6.19. The highest BCUT2D eigenvalue weighted by Crippen LogP contribution is 2.20. The molecule has 0 heterocycles. The van der Waals surface area contributed by atoms with E-state index in [2.05, 4.69) is 21.2 Å². The number of amides is 1. The maximum Gasteiger partial charge on any atom is 0.329 e. The number of carbonyl (C=O) groups excluding carboxylic acids is 1. The second-order valence-corrected chi connectivity index (χ2v) is 5.37. The number of hydrogen-bond donors (Lipinski definition) is 2. The summed E-state index contributed by atoms with van der Waals surface area (Å²) >= 11 is 3.36. The largest absolute Gasteiger partial charge is 0.480 e. The number of hydrogen-bond acceptors (Lipinski definition) is 2. The minimum Gasteiger partial charge on any atom is -0.480 e. The number of aliphatic carboxylic acids is 1. The summed E-state index contributed by atoms with van der Waals surface area (Å²) in [7, 11) is 0. The molecular formula is C14H18BrNO3. The van der Waals surface area contributed by atoms with E-state index in [0.29, 0.717) is 18.4 Å². The molecule has 0 unspecified atom stereocenters. The maximum atomic E-state index is 12.2. The molecule has 0 aromatic heterocycles. The van der Waals surface area contributed by atoms with Crippen molar-refractivity contribution in [3.05, 3.63) is 33.8 Å². The van der Waals surface area contributed by atoms with E-state index in [0.717, 1.165) is 10.0 Å². The van der Waals surface area contributed by atoms with Gasteiger partial charge in [0.2, 0.25) is 0 Å². The molecule has 1 rings (SSSR count). The third-order valence-electron chi connectivity index (χ3n) is 3.39. The van der Waals surface area contributed by atoms with Crippen LogP contribution in [0.1, 0.15) is 42.6 Å². The average molecular weight is 328 g/mol. The van der Waals surface area contributed by atoms with Crippen molar-refractivity contribution >= 4 is 27.8 Å². The Hall–Kier alpha value is -1.36. The normalized spacial score (nSPS) is 11.2. The van der Waals surface area contributed by atoms with Crippen LogP contribution >= 0.6 is 15.9 Å². The van der Waals surface area contributed by atoms with E-state index in [9.17, 15) is 14.7 Å². The number of carboxylic acids is 1. The number of halogens is 1. The molecule has 1 aromatic rings. The lowest BCUT2D eigenvalue weighted by molar-refractivity contribution is -0.144. The van der Waals surface area contributed by atoms with Crippen LogP contribution in [-0.2, 0) is 4.79 Å². The van der Waals surface area contributed by atoms with E-state index in [1.165, 1.54) is 0 Å². The lowest BCUT2D eigenvalue weighted by Crippen LogP contribution is -2.53. The predicted molar refractivity (Wildman–Crippen MR) is 77.3 cm³/mol. The smallest absolute Gasteiger partial charge is 0.329 e. The molecule has 1 amide bonds. The van der Waals surface area contributed by atoms with E-state index < -0.39 is 11.5 Å². The van der Waals surface area contributed by atoms with Crippen molar-refractivity contribution in [2.75, 3.05) is 0 Å². The zero-order valence-corrected chi connectivity index (χ0v) is 12.9. The lowest BCUT2D eigenvalue weighted by atomic mass is 9.92. The molecule has 0 aliphatic rings. The first-order chi connectivity index (χ1) is 8.86. The second-order valence-electron chi connectivity index (χ2n) is 4.51. The molecule has 0 bridgehead atoms. The molecule has 5 heteroatoms. The molecule has 2 N–H and O–H groups in total. The number of carbonyl (C=O) groups is 2. The number of nitrogens with one attached hydrogen (secondary N) is 1. The van der Waals surface area contributed by atoms with Crippen LogP contribution in [0.15, 0.2) is 22.7 Å². The van der Waals surface area contributed by atoms with Crippen LogP contribution in [0, 0.1) is 6.92 Å². The van der Waals surface area contributed by atoms with Gasteiger partial charge in [0.25, 0.3) is 5.91 Å². The predicted octanol–water partition coefficient (Wildman–Crippen LogP) is 3.13. The fourth-order valence-electron chi connectivity index (χ4n) is 1.86. The summed E-state index contributed by atoms with van der Waals surface area (Å²) in [5, 5.41) is 11.9. The first kappa shape index (κ1) is 15.7. The van der Waals surface area contributed by atoms with E-state index >= 15 is 0 Å². The lowest BCUT2D eigenvalue weighted by Gasteiger charge is -2.28. The van der Waals surface area contributed by atoms with Gasteiger partial charge in [0, 0.05) is 10.0 Å². The molecule has 0 aliphatic heterocycles. The van der Waals surface area contributed by atoms with Gasteiger partial charge in [-0.15, -0.1) is 0 Å². The third-order valence-corrected chi connectivity index (χ3v) is 4.28. The van der Waals surface area contributed by atoms with Gasteiger partial charge in [-0.25, -0.2) is 4.79 Å². The van der Waals surface area contributed by atoms with Gasteiger partial charge in [0.1, 0.15) is 5.54 Å². The minimum absolute atomic E-state index is 0.347. The minimum atomic E-state index is -1.20. The van der Waals surface area contributed by atoms with E-state index in [1.54, 1.807) is 32.0 Å². The van der Waals surface area contributed by atoms with Crippen LogP contribution in [-0.4, -0.2) is 22.5 Å². The molecule has 4 nitrogen and oxygen atoms in total. The first-order valence-corrected chi connectivity index (χ1v) is 6.97. The number of rotatable bonds is 5. The van der Waals surface area contributed by atoms with Gasteiger partial charge in [0.15, 0.2) is 0 Å². The van der Waals surface area contributed by atoms with Crippen molar-refractivity contribution < 1.29 is 14.7 Å². The van der Waals surface area contributed by atoms with Crippen molar-refractivity contribution in [1.82, 2.24) is 5.32 Å². The fourth-order valence-corrected chi connectivity index (χ4v) is 2.10. The Bertz CT molecular complexity index is 495. The molecule has 0 aliphatic carbocycles. The van der Waals surface area contributed by atoms with Gasteiger partial charge >= 0.3 is 5.97 Å². The van der Waals surface area contributed by atoms with Crippen LogP contribution in [0.3, 0.4) is 0 Å². The van der Waals surface area contributed by atoms with E-state index in [4.69, 9.17) is 0 Å². The average Bonchev–Trinajstić information content (AvgIpc) is 2.38. The fraction of sp³-hybridized carbons (Fsp3) is 0.429. The van der Waals surface area contributed by atoms with Crippen LogP contribution in [0.4, 0.5) is 0 Å². The topological polar surface area (TPSA) is 66.4 Å². The van der Waals surface area contributed by atoms with Crippen LogP contribution in [0.2, 0.25) is 0 Å². The molecule has 0 spiro atoms. The van der Waals surface area contributed by atoms with Gasteiger partial charge < -0.3 is 10.4 Å². The van der Waals surface area contributed by atoms with Crippen molar-refractivity contribution in [2.45, 2.75) is 39.2 Å². The molecule has 0 saturated carbocycles. The van der Waals surface area contributed by atoms with Gasteiger partial charge in [-0.05, 0) is 43.5 Å². The Morgan fingerprint density at radius 1 is 1.32 bits per heavy atom. The zero-order valence-electron chi connectivity index (χ0n) is 11.3. The highest BCUT2D eigenvalue weighted by Gasteiger charge is 2.36. The number of carboxylic acid groups (broad SMARTS) is 1. The molecule has 1 aromatic carbocycles. The molecule has 0 saturated heterocycles. The number of aryl methyl sites for hydroxylation is 1. The molecule has 104 valence electrons. The molecular weight excluding hydrogens is 310 g/mol. The summed E-state index contributed by atoms with van der Waals surface area (Å²) in [5.41, 5.74) is 0.202. The van der Waals surface area contributed by atoms with Crippen molar-refractivity contribution in [3.8, 4) is 0 Å². The van der Waals surface area contributed by atoms with Crippen LogP contribution in [0.5, 0.6) is 0 Å². The zero-order chi connectivity index (χ0) is 14.6. The Morgan fingerprint density at radius 2 is 1.89 bits per heavy atom. The Labute approximate surface area is 121 Å². The molecule has 0 radical (unpaired) electrons. The van der Waals surface area contributed by atoms with Crippen LogP contribution < -0.4 is 5.32 Å². The van der Waals surface area contributed by atoms with E-state index in [1.807, 2.05) is 6.92 Å². The van der Waals surface area contributed by atoms with Gasteiger partial charge in [-0.1, -0.05) is 29.8 Å². The summed E-state index contributed by atoms with van der Waals surface area (Å²) < 4.78 is 0.916. The summed E-state index contributed by atoms with van der Waals surface area (Å²) in [6, 6.07) is 5.19. The SMILES string of the molecule is CCC(CC)(NC(=O)c1ccc(Br)c(C)c1)C(=O)O. The summed E-state index contributed by atoms with van der Waals surface area (Å²) in [5.74, 6) is -1.36. The van der Waals surface area contributed by atoms with Crippen molar-refractivity contribution in [3.63, 3.8) is 0 Å². The molecule has 0 atom stereocenters. The van der Waals surface area contributed by atoms with Crippen molar-refractivity contribution in [1.29, 1.82) is 0 Å². The summed E-state index contributed by atoms with van der Waals surface area (Å²) in [6.45, 7) is 5.39.